The molecule has 4 aromatic rings. The van der Waals surface area contributed by atoms with Gasteiger partial charge in [-0.15, -0.1) is 13.2 Å². The average Bonchev–Trinajstić information content (AvgIpc) is 3.50. The summed E-state index contributed by atoms with van der Waals surface area (Å²) in [5.74, 6) is 0.609. The van der Waals surface area contributed by atoms with Crippen LogP contribution in [0.4, 0.5) is 10.2 Å². The highest BCUT2D eigenvalue weighted by molar-refractivity contribution is 5.81. The highest BCUT2D eigenvalue weighted by Crippen LogP contribution is 2.40. The second-order valence-electron chi connectivity index (χ2n) is 14.3. The predicted octanol–water partition coefficient (Wildman–Crippen LogP) is 9.05. The summed E-state index contributed by atoms with van der Waals surface area (Å²) in [7, 11) is 1.38. The molecule has 1 aliphatic rings. The highest BCUT2D eigenvalue weighted by atomic mass is 19.1. The summed E-state index contributed by atoms with van der Waals surface area (Å²) in [6, 6.07) is 14.4. The molecule has 0 N–H and O–H groups in total. The maximum atomic E-state index is 14.6. The number of halogens is 1. The number of pyridine rings is 1. The molecule has 0 saturated carbocycles. The fourth-order valence-corrected chi connectivity index (χ4v) is 6.49. The summed E-state index contributed by atoms with van der Waals surface area (Å²) in [5, 5.41) is 0. The lowest BCUT2D eigenvalue weighted by Gasteiger charge is -2.41. The van der Waals surface area contributed by atoms with Crippen LogP contribution in [0, 0.1) is 12.7 Å². The quantitative estimate of drug-likeness (QED) is 0.103. The van der Waals surface area contributed by atoms with Gasteiger partial charge in [-0.25, -0.2) is 14.2 Å². The van der Waals surface area contributed by atoms with Gasteiger partial charge >= 0.3 is 5.97 Å². The van der Waals surface area contributed by atoms with E-state index in [2.05, 4.69) is 25.0 Å². The number of anilines is 1. The zero-order valence-corrected chi connectivity index (χ0v) is 30.4. The van der Waals surface area contributed by atoms with Gasteiger partial charge in [0.05, 0.1) is 36.7 Å². The Balaban J connectivity index is 1.64. The molecule has 0 radical (unpaired) electrons. The second kappa shape index (κ2) is 15.2. The van der Waals surface area contributed by atoms with Crippen molar-refractivity contribution in [2.24, 2.45) is 0 Å². The van der Waals surface area contributed by atoms with E-state index >= 15 is 0 Å². The van der Waals surface area contributed by atoms with Gasteiger partial charge < -0.3 is 23.8 Å². The van der Waals surface area contributed by atoms with Gasteiger partial charge in [0, 0.05) is 42.4 Å². The Bertz CT molecular complexity index is 1850. The molecular formula is C41H50FN3O5. The number of rotatable bonds is 13. The monoisotopic (exact) mass is 683 g/mol. The number of hydrogen-bond acceptors (Lipinski definition) is 7. The van der Waals surface area contributed by atoms with Crippen molar-refractivity contribution in [3.8, 4) is 28.1 Å². The molecule has 8 nitrogen and oxygen atoms in total. The summed E-state index contributed by atoms with van der Waals surface area (Å²) in [5.41, 5.74) is 4.45. The minimum atomic E-state index is -0.964. The van der Waals surface area contributed by atoms with E-state index < -0.39 is 17.7 Å². The number of carbonyl (C=O) groups is 1. The molecule has 0 spiro atoms. The largest absolute Gasteiger partial charge is 0.490 e. The number of carbonyl (C=O) groups excluding carboxylic acids is 1. The van der Waals surface area contributed by atoms with Crippen LogP contribution in [-0.2, 0) is 19.0 Å². The number of nitrogens with zero attached hydrogens (tertiary/aromatic N) is 3. The van der Waals surface area contributed by atoms with Crippen molar-refractivity contribution >= 4 is 17.4 Å². The first-order valence-electron chi connectivity index (χ1n) is 17.2. The molecule has 2 aromatic heterocycles. The molecule has 2 atom stereocenters. The van der Waals surface area contributed by atoms with Gasteiger partial charge in [-0.1, -0.05) is 30.4 Å². The van der Waals surface area contributed by atoms with E-state index in [1.165, 1.54) is 19.2 Å². The Morgan fingerprint density at radius 1 is 1.08 bits per heavy atom. The molecule has 9 heteroatoms. The van der Waals surface area contributed by atoms with Gasteiger partial charge in [-0.2, -0.15) is 0 Å². The number of benzene rings is 2. The second-order valence-corrected chi connectivity index (χ2v) is 14.3. The summed E-state index contributed by atoms with van der Waals surface area (Å²) in [6.45, 7) is 21.4. The maximum Gasteiger partial charge on any atom is 0.339 e. The summed E-state index contributed by atoms with van der Waals surface area (Å²) >= 11 is 0. The van der Waals surface area contributed by atoms with E-state index in [0.717, 1.165) is 52.3 Å². The lowest BCUT2D eigenvalue weighted by molar-refractivity contribution is -0.164. The van der Waals surface area contributed by atoms with E-state index in [4.69, 9.17) is 23.9 Å². The van der Waals surface area contributed by atoms with Crippen molar-refractivity contribution in [1.82, 2.24) is 9.38 Å². The maximum absolute atomic E-state index is 14.6. The van der Waals surface area contributed by atoms with Crippen LogP contribution in [0.2, 0.25) is 0 Å². The topological polar surface area (TPSA) is 74.5 Å². The van der Waals surface area contributed by atoms with Gasteiger partial charge in [0.25, 0.3) is 0 Å². The van der Waals surface area contributed by atoms with Crippen molar-refractivity contribution in [2.45, 2.75) is 84.2 Å². The Hall–Kier alpha value is -4.47. The van der Waals surface area contributed by atoms with Gasteiger partial charge in [0.15, 0.2) is 6.10 Å². The lowest BCUT2D eigenvalue weighted by Crippen LogP contribution is -2.45. The van der Waals surface area contributed by atoms with E-state index in [9.17, 15) is 9.18 Å². The molecule has 0 amide bonds. The number of imidazole rings is 1. The predicted molar refractivity (Wildman–Crippen MR) is 197 cm³/mol. The third-order valence-corrected chi connectivity index (χ3v) is 9.03. The first-order valence-corrected chi connectivity index (χ1v) is 17.2. The fraction of sp³-hybridized carbons (Fsp3) is 0.415. The van der Waals surface area contributed by atoms with E-state index in [0.29, 0.717) is 37.4 Å². The summed E-state index contributed by atoms with van der Waals surface area (Å²) in [4.78, 5) is 20.8. The van der Waals surface area contributed by atoms with Crippen LogP contribution >= 0.6 is 0 Å². The molecule has 50 heavy (non-hydrogen) atoms. The first-order chi connectivity index (χ1) is 23.8. The first kappa shape index (κ1) is 36.8. The van der Waals surface area contributed by atoms with Crippen LogP contribution in [-0.4, -0.2) is 59.5 Å². The normalized spacial score (nSPS) is 15.8. The van der Waals surface area contributed by atoms with E-state index in [1.54, 1.807) is 18.2 Å². The minimum absolute atomic E-state index is 0.119. The number of piperidine rings is 1. The molecular weight excluding hydrogens is 633 g/mol. The minimum Gasteiger partial charge on any atom is -0.490 e. The van der Waals surface area contributed by atoms with Crippen molar-refractivity contribution in [3.05, 3.63) is 97.0 Å². The third-order valence-electron chi connectivity index (χ3n) is 9.03. The molecule has 2 unspecified atom stereocenters. The Morgan fingerprint density at radius 2 is 1.80 bits per heavy atom. The summed E-state index contributed by atoms with van der Waals surface area (Å²) < 4.78 is 40.7. The van der Waals surface area contributed by atoms with Gasteiger partial charge in [0.1, 0.15) is 23.0 Å². The number of aromatic nitrogens is 2. The standard InChI is InChI=1S/C41H50FN3O5/c1-10-13-28(4)49-34-17-16-31(42)25-32(34)29-14-12-15-30(24-29)33-26-45-35(43-33)23-27(3)36(37(39(46)47-9)50-40(5,6)7)38(45)44-20-18-41(8,19-21-44)48-22-11-2/h10-12,14-17,23-26,28,37H,1-2,13,18-22H2,3-9H3. The smallest absolute Gasteiger partial charge is 0.339 e. The van der Waals surface area contributed by atoms with Crippen molar-refractivity contribution in [3.63, 3.8) is 0 Å². The van der Waals surface area contributed by atoms with E-state index in [1.807, 2.05) is 75.5 Å². The zero-order valence-electron chi connectivity index (χ0n) is 30.4. The van der Waals surface area contributed by atoms with Crippen LogP contribution in [0.5, 0.6) is 5.75 Å². The number of aryl methyl sites for hydroxylation is 1. The molecule has 2 aromatic carbocycles. The Labute approximate surface area is 295 Å². The number of methoxy groups -OCH3 is 1. The number of fused-ring (bicyclic) bond motifs is 1. The summed E-state index contributed by atoms with van der Waals surface area (Å²) in [6.07, 6.45) is 6.73. The van der Waals surface area contributed by atoms with Crippen molar-refractivity contribution in [1.29, 1.82) is 0 Å². The fourth-order valence-electron chi connectivity index (χ4n) is 6.49. The van der Waals surface area contributed by atoms with Crippen LogP contribution in [0.1, 0.15) is 71.1 Å². The molecule has 1 aliphatic heterocycles. The molecule has 1 saturated heterocycles. The third kappa shape index (κ3) is 8.28. The molecule has 5 rings (SSSR count). The van der Waals surface area contributed by atoms with Crippen molar-refractivity contribution < 1.29 is 28.1 Å². The van der Waals surface area contributed by atoms with Crippen LogP contribution in [0.25, 0.3) is 28.0 Å². The Kier molecular flexibility index (Phi) is 11.2. The molecule has 266 valence electrons. The van der Waals surface area contributed by atoms with Crippen LogP contribution < -0.4 is 9.64 Å². The van der Waals surface area contributed by atoms with E-state index in [-0.39, 0.29) is 17.5 Å². The van der Waals surface area contributed by atoms with Crippen LogP contribution in [0.15, 0.2) is 80.0 Å². The molecule has 3 heterocycles. The number of ether oxygens (including phenoxy) is 4. The molecule has 0 bridgehead atoms. The van der Waals surface area contributed by atoms with Crippen molar-refractivity contribution in [2.75, 3.05) is 31.7 Å². The van der Waals surface area contributed by atoms with Gasteiger partial charge in [-0.05, 0) is 95.8 Å². The molecule has 1 fully saturated rings. The van der Waals surface area contributed by atoms with Gasteiger partial charge in [0.2, 0.25) is 0 Å². The zero-order chi connectivity index (χ0) is 36.2. The molecule has 0 aliphatic carbocycles. The number of hydrogen-bond donors (Lipinski definition) is 0. The number of esters is 1. The highest BCUT2D eigenvalue weighted by Gasteiger charge is 2.37. The Morgan fingerprint density at radius 3 is 2.46 bits per heavy atom. The SMILES string of the molecule is C=CCOC1(C)CCN(c2c(C(OC(C)(C)C)C(=O)OC)c(C)cc3nc(-c4cccc(-c5cc(F)ccc5OC(C)CC=C)c4)cn23)CC1. The van der Waals surface area contributed by atoms with Gasteiger partial charge in [-0.3, -0.25) is 4.40 Å². The van der Waals surface area contributed by atoms with Crippen LogP contribution in [0.3, 0.4) is 0 Å². The average molecular weight is 684 g/mol. The lowest BCUT2D eigenvalue weighted by atomic mass is 9.92.